The van der Waals surface area contributed by atoms with Crippen LogP contribution in [0, 0.1) is 6.92 Å². The number of nitrogens with zero attached hydrogens (tertiary/aromatic N) is 2. The lowest BCUT2D eigenvalue weighted by Crippen LogP contribution is -2.33. The Labute approximate surface area is 146 Å². The van der Waals surface area contributed by atoms with Crippen LogP contribution >= 0.6 is 0 Å². The first-order valence-electron chi connectivity index (χ1n) is 8.31. The molecular weight excluding hydrogens is 314 g/mol. The number of hydrogen-bond donors (Lipinski definition) is 1. The molecule has 4 rings (SSSR count). The van der Waals surface area contributed by atoms with Crippen LogP contribution in [-0.2, 0) is 4.79 Å². The maximum absolute atomic E-state index is 12.7. The van der Waals surface area contributed by atoms with Gasteiger partial charge in [0.1, 0.15) is 5.75 Å². The molecule has 0 aliphatic carbocycles. The minimum absolute atomic E-state index is 0.0145. The minimum atomic E-state index is -0.531. The Morgan fingerprint density at radius 1 is 1.12 bits per heavy atom. The first-order valence-corrected chi connectivity index (χ1v) is 8.31. The largest absolute Gasteiger partial charge is 0.480 e. The van der Waals surface area contributed by atoms with Gasteiger partial charge in [0.2, 0.25) is 0 Å². The van der Waals surface area contributed by atoms with E-state index in [0.29, 0.717) is 5.69 Å². The van der Waals surface area contributed by atoms with Crippen molar-refractivity contribution >= 4 is 11.6 Å². The van der Waals surface area contributed by atoms with Crippen LogP contribution in [0.1, 0.15) is 24.1 Å². The Kier molecular flexibility index (Phi) is 3.76. The smallest absolute Gasteiger partial charge is 0.266 e. The predicted molar refractivity (Wildman–Crippen MR) is 96.2 cm³/mol. The van der Waals surface area contributed by atoms with Gasteiger partial charge in [0, 0.05) is 11.5 Å². The molecule has 0 unspecified atom stereocenters. The second-order valence-corrected chi connectivity index (χ2v) is 6.26. The molecule has 0 saturated heterocycles. The number of carbonyl (C=O) groups is 1. The van der Waals surface area contributed by atoms with E-state index < -0.39 is 6.10 Å². The third-order valence-corrected chi connectivity index (χ3v) is 4.55. The zero-order valence-electron chi connectivity index (χ0n) is 14.1. The van der Waals surface area contributed by atoms with Gasteiger partial charge in [0.15, 0.2) is 6.10 Å². The fourth-order valence-corrected chi connectivity index (χ4v) is 3.15. The van der Waals surface area contributed by atoms with Crippen LogP contribution in [0.15, 0.2) is 60.8 Å². The van der Waals surface area contributed by atoms with Gasteiger partial charge in [-0.1, -0.05) is 43.3 Å². The van der Waals surface area contributed by atoms with Crippen LogP contribution in [-0.4, -0.2) is 21.8 Å². The molecule has 0 spiro atoms. The number of benzene rings is 2. The molecule has 1 aliphatic heterocycles. The number of anilines is 1. The Balaban J connectivity index is 1.54. The molecule has 5 nitrogen and oxygen atoms in total. The van der Waals surface area contributed by atoms with E-state index in [4.69, 9.17) is 4.74 Å². The summed E-state index contributed by atoms with van der Waals surface area (Å²) in [6.45, 7) is 3.89. The van der Waals surface area contributed by atoms with Crippen molar-refractivity contribution in [3.8, 4) is 11.4 Å². The van der Waals surface area contributed by atoms with Gasteiger partial charge in [-0.25, -0.2) is 4.68 Å². The first kappa shape index (κ1) is 15.4. The highest BCUT2D eigenvalue weighted by Crippen LogP contribution is 2.38. The molecule has 126 valence electrons. The summed E-state index contributed by atoms with van der Waals surface area (Å²) < 4.78 is 7.61. The highest BCUT2D eigenvalue weighted by atomic mass is 16.5. The number of nitrogens with one attached hydrogen (secondary N) is 1. The topological polar surface area (TPSA) is 56.2 Å². The van der Waals surface area contributed by atoms with Crippen LogP contribution in [0.2, 0.25) is 0 Å². The third-order valence-electron chi connectivity index (χ3n) is 4.55. The number of para-hydroxylation sites is 2. The van der Waals surface area contributed by atoms with Crippen molar-refractivity contribution in [1.82, 2.24) is 9.78 Å². The maximum Gasteiger partial charge on any atom is 0.266 e. The number of aromatic nitrogens is 2. The first-order chi connectivity index (χ1) is 12.1. The van der Waals surface area contributed by atoms with Crippen molar-refractivity contribution in [2.24, 2.45) is 0 Å². The van der Waals surface area contributed by atoms with Gasteiger partial charge < -0.3 is 10.1 Å². The van der Waals surface area contributed by atoms with Crippen molar-refractivity contribution < 1.29 is 9.53 Å². The lowest BCUT2D eigenvalue weighted by atomic mass is 9.97. The fraction of sp³-hybridized carbons (Fsp3) is 0.200. The van der Waals surface area contributed by atoms with Crippen molar-refractivity contribution in [3.05, 3.63) is 72.1 Å². The highest BCUT2D eigenvalue weighted by molar-refractivity contribution is 5.96. The number of carbonyl (C=O) groups excluding carboxylic acids is 1. The molecule has 0 saturated carbocycles. The minimum Gasteiger partial charge on any atom is -0.480 e. The van der Waals surface area contributed by atoms with Crippen molar-refractivity contribution in [3.63, 3.8) is 0 Å². The summed E-state index contributed by atoms with van der Waals surface area (Å²) >= 11 is 0. The summed E-state index contributed by atoms with van der Waals surface area (Å²) in [7, 11) is 0. The van der Waals surface area contributed by atoms with Gasteiger partial charge in [-0.3, -0.25) is 4.79 Å². The number of ether oxygens (including phenoxy) is 1. The Morgan fingerprint density at radius 3 is 2.60 bits per heavy atom. The Bertz CT molecular complexity index is 918. The molecule has 2 atom stereocenters. The summed E-state index contributed by atoms with van der Waals surface area (Å²) in [4.78, 5) is 12.7. The Morgan fingerprint density at radius 2 is 1.84 bits per heavy atom. The highest BCUT2D eigenvalue weighted by Gasteiger charge is 2.36. The Hall–Kier alpha value is -3.08. The maximum atomic E-state index is 12.7. The van der Waals surface area contributed by atoms with Crippen molar-refractivity contribution in [2.75, 3.05) is 5.32 Å². The van der Waals surface area contributed by atoms with Crippen LogP contribution < -0.4 is 10.1 Å². The quantitative estimate of drug-likeness (QED) is 0.795. The van der Waals surface area contributed by atoms with E-state index in [9.17, 15) is 4.79 Å². The zero-order valence-corrected chi connectivity index (χ0v) is 14.1. The van der Waals surface area contributed by atoms with Gasteiger partial charge in [-0.15, -0.1) is 0 Å². The summed E-state index contributed by atoms with van der Waals surface area (Å²) in [5.41, 5.74) is 3.48. The standard InChI is InChI=1S/C20H19N3O2/c1-13-16-10-6-7-11-18(16)25-19(13)20(24)21-17-12-23(22-14(17)2)15-8-4-3-5-9-15/h3-13,19H,1-2H3,(H,21,24)/t13-,19-/m1/s1. The molecule has 0 bridgehead atoms. The number of aryl methyl sites for hydroxylation is 1. The molecule has 3 aromatic rings. The summed E-state index contributed by atoms with van der Waals surface area (Å²) in [5, 5.41) is 7.44. The van der Waals surface area contributed by atoms with Crippen molar-refractivity contribution in [2.45, 2.75) is 25.9 Å². The molecular formula is C20H19N3O2. The molecule has 0 radical (unpaired) electrons. The SMILES string of the molecule is Cc1nn(-c2ccccc2)cc1NC(=O)[C@@H]1Oc2ccccc2[C@H]1C. The number of fused-ring (bicyclic) bond motifs is 1. The van der Waals surface area contributed by atoms with E-state index in [1.54, 1.807) is 4.68 Å². The van der Waals surface area contributed by atoms with E-state index in [-0.39, 0.29) is 11.8 Å². The molecule has 1 aromatic heterocycles. The van der Waals surface area contributed by atoms with E-state index in [2.05, 4.69) is 10.4 Å². The molecule has 1 N–H and O–H groups in total. The average Bonchev–Trinajstić information content (AvgIpc) is 3.17. The second-order valence-electron chi connectivity index (χ2n) is 6.26. The molecule has 1 aliphatic rings. The fourth-order valence-electron chi connectivity index (χ4n) is 3.15. The average molecular weight is 333 g/mol. The second kappa shape index (κ2) is 6.09. The van der Waals surface area contributed by atoms with Gasteiger partial charge in [-0.2, -0.15) is 5.10 Å². The molecule has 0 fully saturated rings. The van der Waals surface area contributed by atoms with Gasteiger partial charge in [0.25, 0.3) is 5.91 Å². The van der Waals surface area contributed by atoms with Gasteiger partial charge in [0.05, 0.1) is 23.3 Å². The third kappa shape index (κ3) is 2.78. The summed E-state index contributed by atoms with van der Waals surface area (Å²) in [6.07, 6.45) is 1.30. The van der Waals surface area contributed by atoms with E-state index in [1.807, 2.05) is 74.6 Å². The van der Waals surface area contributed by atoms with E-state index in [0.717, 1.165) is 22.7 Å². The molecule has 2 heterocycles. The van der Waals surface area contributed by atoms with Crippen molar-refractivity contribution in [1.29, 1.82) is 0 Å². The molecule has 25 heavy (non-hydrogen) atoms. The van der Waals surface area contributed by atoms with Crippen LogP contribution in [0.5, 0.6) is 5.75 Å². The van der Waals surface area contributed by atoms with Crippen LogP contribution in [0.3, 0.4) is 0 Å². The number of rotatable bonds is 3. The van der Waals surface area contributed by atoms with E-state index >= 15 is 0 Å². The van der Waals surface area contributed by atoms with Crippen LogP contribution in [0.25, 0.3) is 5.69 Å². The summed E-state index contributed by atoms with van der Waals surface area (Å²) in [5.74, 6) is 0.645. The van der Waals surface area contributed by atoms with E-state index in [1.165, 1.54) is 0 Å². The lowest BCUT2D eigenvalue weighted by molar-refractivity contribution is -0.122. The number of amides is 1. The molecule has 5 heteroatoms. The molecule has 1 amide bonds. The summed E-state index contributed by atoms with van der Waals surface area (Å²) in [6, 6.07) is 17.6. The van der Waals surface area contributed by atoms with Crippen LogP contribution in [0.4, 0.5) is 5.69 Å². The van der Waals surface area contributed by atoms with Gasteiger partial charge >= 0.3 is 0 Å². The lowest BCUT2D eigenvalue weighted by Gasteiger charge is -2.14. The van der Waals surface area contributed by atoms with Gasteiger partial charge in [-0.05, 0) is 25.1 Å². The monoisotopic (exact) mass is 333 g/mol. The molecule has 2 aromatic carbocycles. The predicted octanol–water partition coefficient (Wildman–Crippen LogP) is 3.68. The normalized spacial score (nSPS) is 18.5. The number of hydrogen-bond acceptors (Lipinski definition) is 3. The zero-order chi connectivity index (χ0) is 17.4.